The van der Waals surface area contributed by atoms with Gasteiger partial charge in [0.15, 0.2) is 15.5 Å². The number of nitrogens with one attached hydrogen (secondary N) is 1. The van der Waals surface area contributed by atoms with Crippen LogP contribution < -0.4 is 5.32 Å². The van der Waals surface area contributed by atoms with E-state index in [1.807, 2.05) is 0 Å². The summed E-state index contributed by atoms with van der Waals surface area (Å²) in [6.07, 6.45) is 6.13. The third-order valence-corrected chi connectivity index (χ3v) is 5.81. The minimum Gasteiger partial charge on any atom is -0.317 e. The molecule has 1 saturated heterocycles. The number of hydrogen-bond donors (Lipinski definition) is 1. The summed E-state index contributed by atoms with van der Waals surface area (Å²) in [5, 5.41) is 8.41. The maximum Gasteiger partial charge on any atom is 0.175 e. The molecule has 3 aromatic rings. The number of hydrogen-bond acceptors (Lipinski definition) is 6. The van der Waals surface area contributed by atoms with E-state index >= 15 is 0 Å². The summed E-state index contributed by atoms with van der Waals surface area (Å²) in [7, 11) is -3.48. The number of rotatable bonds is 3. The van der Waals surface area contributed by atoms with Crippen molar-refractivity contribution in [3.63, 3.8) is 0 Å². The maximum absolute atomic E-state index is 14.5. The Morgan fingerprint density at radius 3 is 2.63 bits per heavy atom. The van der Waals surface area contributed by atoms with Crippen LogP contribution in [-0.4, -0.2) is 47.5 Å². The summed E-state index contributed by atoms with van der Waals surface area (Å²) >= 11 is 0. The fourth-order valence-corrected chi connectivity index (χ4v) is 3.98. The highest BCUT2D eigenvalue weighted by molar-refractivity contribution is 7.90. The SMILES string of the molecule is CS(=O)(=O)c1ccc(-n2ncc3c(C4CCNCC4)ncnc32)c(F)c1.Cl. The van der Waals surface area contributed by atoms with E-state index in [9.17, 15) is 12.8 Å². The van der Waals surface area contributed by atoms with Crippen LogP contribution in [0.2, 0.25) is 0 Å². The molecule has 4 rings (SSSR count). The van der Waals surface area contributed by atoms with Gasteiger partial charge in [0.1, 0.15) is 17.8 Å². The second-order valence-electron chi connectivity index (χ2n) is 6.46. The summed E-state index contributed by atoms with van der Waals surface area (Å²) < 4.78 is 39.1. The monoisotopic (exact) mass is 411 g/mol. The highest BCUT2D eigenvalue weighted by atomic mass is 35.5. The first-order valence-corrected chi connectivity index (χ1v) is 10.2. The lowest BCUT2D eigenvalue weighted by molar-refractivity contribution is 0.455. The third kappa shape index (κ3) is 3.67. The lowest BCUT2D eigenvalue weighted by Crippen LogP contribution is -2.27. The first-order chi connectivity index (χ1) is 12.4. The minimum absolute atomic E-state index is 0. The van der Waals surface area contributed by atoms with Gasteiger partial charge < -0.3 is 5.32 Å². The van der Waals surface area contributed by atoms with Gasteiger partial charge in [-0.2, -0.15) is 5.10 Å². The molecule has 1 fully saturated rings. The number of fused-ring (bicyclic) bond motifs is 1. The molecule has 1 aliphatic rings. The molecule has 144 valence electrons. The van der Waals surface area contributed by atoms with E-state index in [0.717, 1.165) is 49.3 Å². The van der Waals surface area contributed by atoms with Crippen molar-refractivity contribution in [3.05, 3.63) is 42.2 Å². The Morgan fingerprint density at radius 1 is 1.22 bits per heavy atom. The predicted octanol–water partition coefficient (Wildman–Crippen LogP) is 2.25. The topological polar surface area (TPSA) is 89.8 Å². The highest BCUT2D eigenvalue weighted by Crippen LogP contribution is 2.30. The van der Waals surface area contributed by atoms with Crippen molar-refractivity contribution in [1.29, 1.82) is 0 Å². The molecular weight excluding hydrogens is 393 g/mol. The number of halogens is 2. The molecule has 0 aliphatic carbocycles. The molecule has 0 bridgehead atoms. The van der Waals surface area contributed by atoms with E-state index in [0.29, 0.717) is 11.6 Å². The maximum atomic E-state index is 14.5. The molecule has 1 aliphatic heterocycles. The number of nitrogens with zero attached hydrogens (tertiary/aromatic N) is 4. The van der Waals surface area contributed by atoms with Crippen molar-refractivity contribution in [2.24, 2.45) is 0 Å². The van der Waals surface area contributed by atoms with Gasteiger partial charge in [-0.25, -0.2) is 27.5 Å². The highest BCUT2D eigenvalue weighted by Gasteiger charge is 2.22. The molecule has 0 atom stereocenters. The lowest BCUT2D eigenvalue weighted by atomic mass is 9.93. The molecule has 2 aromatic heterocycles. The molecule has 0 amide bonds. The number of aromatic nitrogens is 4. The normalized spacial score (nSPS) is 15.6. The fourth-order valence-electron chi connectivity index (χ4n) is 3.35. The Hall–Kier alpha value is -2.10. The van der Waals surface area contributed by atoms with Gasteiger partial charge in [-0.1, -0.05) is 0 Å². The van der Waals surface area contributed by atoms with Crippen molar-refractivity contribution in [2.45, 2.75) is 23.7 Å². The molecule has 3 heterocycles. The zero-order chi connectivity index (χ0) is 18.3. The van der Waals surface area contributed by atoms with Crippen LogP contribution >= 0.6 is 12.4 Å². The van der Waals surface area contributed by atoms with E-state index < -0.39 is 15.7 Å². The van der Waals surface area contributed by atoms with Crippen LogP contribution in [0.15, 0.2) is 35.6 Å². The van der Waals surface area contributed by atoms with Crippen molar-refractivity contribution < 1.29 is 12.8 Å². The zero-order valence-corrected chi connectivity index (χ0v) is 16.2. The molecule has 10 heteroatoms. The Bertz CT molecular complexity index is 1080. The summed E-state index contributed by atoms with van der Waals surface area (Å²) in [6, 6.07) is 3.79. The molecule has 0 spiro atoms. The predicted molar refractivity (Wildman–Crippen MR) is 102 cm³/mol. The molecule has 27 heavy (non-hydrogen) atoms. The Morgan fingerprint density at radius 2 is 1.96 bits per heavy atom. The van der Waals surface area contributed by atoms with Gasteiger partial charge in [-0.15, -0.1) is 12.4 Å². The molecule has 0 unspecified atom stereocenters. The smallest absolute Gasteiger partial charge is 0.175 e. The number of piperidine rings is 1. The second kappa shape index (κ2) is 7.49. The van der Waals surface area contributed by atoms with Crippen molar-refractivity contribution >= 4 is 33.3 Å². The fraction of sp³-hybridized carbons (Fsp3) is 0.353. The average molecular weight is 412 g/mol. The lowest BCUT2D eigenvalue weighted by Gasteiger charge is -2.22. The van der Waals surface area contributed by atoms with E-state index in [1.54, 1.807) is 6.20 Å². The molecule has 1 N–H and O–H groups in total. The summed E-state index contributed by atoms with van der Waals surface area (Å²) in [6.45, 7) is 1.87. The van der Waals surface area contributed by atoms with Crippen LogP contribution in [0, 0.1) is 5.82 Å². The first-order valence-electron chi connectivity index (χ1n) is 8.34. The van der Waals surface area contributed by atoms with Crippen LogP contribution in [0.1, 0.15) is 24.5 Å². The van der Waals surface area contributed by atoms with Gasteiger partial charge in [0.05, 0.1) is 22.2 Å². The molecule has 7 nitrogen and oxygen atoms in total. The van der Waals surface area contributed by atoms with Crippen molar-refractivity contribution in [2.75, 3.05) is 19.3 Å². The molecule has 1 aromatic carbocycles. The largest absolute Gasteiger partial charge is 0.317 e. The van der Waals surface area contributed by atoms with E-state index in [4.69, 9.17) is 0 Å². The van der Waals surface area contributed by atoms with Crippen molar-refractivity contribution in [3.8, 4) is 5.69 Å². The van der Waals surface area contributed by atoms with Crippen LogP contribution in [0.5, 0.6) is 0 Å². The standard InChI is InChI=1S/C17H18FN5O2S.ClH/c1-26(24,25)12-2-3-15(14(18)8-12)23-17-13(9-22-23)16(20-10-21-17)11-4-6-19-7-5-11;/h2-3,8-11,19H,4-7H2,1H3;1H. The van der Waals surface area contributed by atoms with Crippen LogP contribution in [0.3, 0.4) is 0 Å². The second-order valence-corrected chi connectivity index (χ2v) is 8.48. The summed E-state index contributed by atoms with van der Waals surface area (Å²) in [4.78, 5) is 8.65. The third-order valence-electron chi connectivity index (χ3n) is 4.70. The van der Waals surface area contributed by atoms with Crippen LogP contribution in [-0.2, 0) is 9.84 Å². The van der Waals surface area contributed by atoms with Crippen LogP contribution in [0.25, 0.3) is 16.7 Å². The molecule has 0 radical (unpaired) electrons. The Kier molecular flexibility index (Phi) is 5.45. The Labute approximate surface area is 162 Å². The average Bonchev–Trinajstić information content (AvgIpc) is 3.05. The van der Waals surface area contributed by atoms with Gasteiger partial charge in [0.2, 0.25) is 0 Å². The zero-order valence-electron chi connectivity index (χ0n) is 14.6. The summed E-state index contributed by atoms with van der Waals surface area (Å²) in [5.41, 5.74) is 1.60. The van der Waals surface area contributed by atoms with E-state index in [2.05, 4.69) is 20.4 Å². The van der Waals surface area contributed by atoms with Crippen LogP contribution in [0.4, 0.5) is 4.39 Å². The quantitative estimate of drug-likeness (QED) is 0.711. The van der Waals surface area contributed by atoms with Gasteiger partial charge in [0.25, 0.3) is 0 Å². The Balaban J connectivity index is 0.00000210. The molecule has 0 saturated carbocycles. The number of sulfone groups is 1. The van der Waals surface area contributed by atoms with Gasteiger partial charge in [-0.05, 0) is 44.1 Å². The summed E-state index contributed by atoms with van der Waals surface area (Å²) in [5.74, 6) is -0.350. The molecular formula is C17H19ClFN5O2S. The van der Waals surface area contributed by atoms with E-state index in [-0.39, 0.29) is 23.0 Å². The first kappa shape index (κ1) is 19.7. The van der Waals surface area contributed by atoms with Crippen molar-refractivity contribution in [1.82, 2.24) is 25.1 Å². The van der Waals surface area contributed by atoms with Gasteiger partial charge in [-0.3, -0.25) is 0 Å². The van der Waals surface area contributed by atoms with Gasteiger partial charge in [0, 0.05) is 12.2 Å². The minimum atomic E-state index is -3.48. The van der Waals surface area contributed by atoms with E-state index in [1.165, 1.54) is 23.1 Å². The number of benzene rings is 1. The van der Waals surface area contributed by atoms with Gasteiger partial charge >= 0.3 is 0 Å².